The van der Waals surface area contributed by atoms with Crippen LogP contribution in [0.3, 0.4) is 0 Å². The second-order valence-corrected chi connectivity index (χ2v) is 18.9. The number of aryl methyl sites for hydroxylation is 4. The number of benzene rings is 10. The lowest BCUT2D eigenvalue weighted by Gasteiger charge is -2.20. The van der Waals surface area contributed by atoms with E-state index < -0.39 is 11.7 Å². The summed E-state index contributed by atoms with van der Waals surface area (Å²) in [4.78, 5) is 0. The number of rotatable bonds is 7. The Bertz CT molecular complexity index is 3780. The number of nitrogens with zero attached hydrogens (tertiary/aromatic N) is 3. The average molecular weight is 938 g/mol. The van der Waals surface area contributed by atoms with E-state index in [-0.39, 0.29) is 5.56 Å². The summed E-state index contributed by atoms with van der Waals surface area (Å²) in [7, 11) is 0. The number of nitriles is 1. The summed E-state index contributed by atoms with van der Waals surface area (Å²) < 4.78 is 50.3. The molecule has 0 spiro atoms. The van der Waals surface area contributed by atoms with Crippen molar-refractivity contribution in [2.45, 2.75) is 33.9 Å². The van der Waals surface area contributed by atoms with E-state index in [1.165, 1.54) is 12.1 Å². The fraction of sp³-hybridized carbons (Fsp3) is 0.0758. The molecule has 0 saturated carbocycles. The Balaban J connectivity index is 1.26. The van der Waals surface area contributed by atoms with Crippen LogP contribution in [0.2, 0.25) is 0 Å². The Kier molecular flexibility index (Phi) is 10.6. The van der Waals surface area contributed by atoms with Gasteiger partial charge in [0.1, 0.15) is 11.6 Å². The first-order valence-electron chi connectivity index (χ1n) is 24.1. The van der Waals surface area contributed by atoms with E-state index in [1.807, 2.05) is 48.5 Å². The monoisotopic (exact) mass is 937 g/mol. The van der Waals surface area contributed by atoms with Crippen molar-refractivity contribution in [2.75, 3.05) is 0 Å². The van der Waals surface area contributed by atoms with Crippen LogP contribution in [-0.4, -0.2) is 9.13 Å². The third kappa shape index (κ3) is 7.28. The maximum Gasteiger partial charge on any atom is 0.417 e. The SMILES string of the molecule is Cc1ccccc1-c1ccc2c3ccc(-c4ccccc4C)cc3n(-c3cc(-c4ccccc4C(F)(F)F)cc(-n4c5cc(-c6ccccc6C)ccc5c5ccc(-c6ccccc6C)cc54)c3C#N)c2c1. The minimum atomic E-state index is -4.67. The van der Waals surface area contributed by atoms with Crippen molar-refractivity contribution in [1.82, 2.24) is 9.13 Å². The molecule has 346 valence electrons. The third-order valence-electron chi connectivity index (χ3n) is 14.6. The van der Waals surface area contributed by atoms with Crippen LogP contribution >= 0.6 is 0 Å². The Morgan fingerprint density at radius 2 is 0.639 bits per heavy atom. The molecule has 0 bridgehead atoms. The van der Waals surface area contributed by atoms with Crippen LogP contribution < -0.4 is 0 Å². The Morgan fingerprint density at radius 3 is 0.931 bits per heavy atom. The summed E-state index contributed by atoms with van der Waals surface area (Å²) in [6.45, 7) is 8.36. The van der Waals surface area contributed by atoms with Crippen LogP contribution in [0.1, 0.15) is 33.4 Å². The zero-order valence-corrected chi connectivity index (χ0v) is 40.1. The van der Waals surface area contributed by atoms with Gasteiger partial charge in [-0.3, -0.25) is 0 Å². The second-order valence-electron chi connectivity index (χ2n) is 18.9. The number of aromatic nitrogens is 2. The highest BCUT2D eigenvalue weighted by atomic mass is 19.4. The molecular formula is C66H46F3N3. The Labute approximate surface area is 415 Å². The van der Waals surface area contributed by atoms with Gasteiger partial charge in [0.05, 0.1) is 39.0 Å². The summed E-state index contributed by atoms with van der Waals surface area (Å²) in [5.74, 6) is 0. The van der Waals surface area contributed by atoms with Gasteiger partial charge >= 0.3 is 6.18 Å². The molecule has 6 heteroatoms. The number of hydrogen-bond acceptors (Lipinski definition) is 1. The van der Waals surface area contributed by atoms with Crippen LogP contribution in [0.5, 0.6) is 0 Å². The van der Waals surface area contributed by atoms with Crippen LogP contribution in [0.15, 0.2) is 206 Å². The van der Waals surface area contributed by atoms with E-state index >= 15 is 13.2 Å². The van der Waals surface area contributed by atoms with Gasteiger partial charge in [-0.1, -0.05) is 164 Å². The van der Waals surface area contributed by atoms with E-state index in [9.17, 15) is 5.26 Å². The maximum absolute atomic E-state index is 15.4. The molecule has 12 rings (SSSR count). The summed E-state index contributed by atoms with van der Waals surface area (Å²) in [5, 5.41) is 15.8. The van der Waals surface area contributed by atoms with Crippen molar-refractivity contribution in [2.24, 2.45) is 0 Å². The topological polar surface area (TPSA) is 33.6 Å². The molecule has 0 fully saturated rings. The molecule has 0 aliphatic heterocycles. The fourth-order valence-corrected chi connectivity index (χ4v) is 11.0. The lowest BCUT2D eigenvalue weighted by Crippen LogP contribution is -2.09. The van der Waals surface area contributed by atoms with E-state index in [4.69, 9.17) is 0 Å². The second kappa shape index (κ2) is 17.2. The smallest absolute Gasteiger partial charge is 0.308 e. The highest BCUT2D eigenvalue weighted by Gasteiger charge is 2.34. The summed E-state index contributed by atoms with van der Waals surface area (Å²) in [5.41, 5.74) is 16.7. The van der Waals surface area contributed by atoms with Gasteiger partial charge in [-0.15, -0.1) is 0 Å². The van der Waals surface area contributed by atoms with Gasteiger partial charge in [-0.25, -0.2) is 0 Å². The number of halogens is 3. The van der Waals surface area contributed by atoms with E-state index in [1.54, 1.807) is 18.2 Å². The molecule has 0 unspecified atom stereocenters. The molecule has 2 aromatic heterocycles. The van der Waals surface area contributed by atoms with Crippen molar-refractivity contribution >= 4 is 43.6 Å². The van der Waals surface area contributed by atoms with Gasteiger partial charge in [0.15, 0.2) is 0 Å². The minimum Gasteiger partial charge on any atom is -0.308 e. The molecule has 0 aliphatic carbocycles. The Hall–Kier alpha value is -8.92. The third-order valence-corrected chi connectivity index (χ3v) is 14.6. The van der Waals surface area contributed by atoms with Crippen LogP contribution in [0.4, 0.5) is 13.2 Å². The zero-order valence-electron chi connectivity index (χ0n) is 40.1. The number of alkyl halides is 3. The number of fused-ring (bicyclic) bond motifs is 6. The fourth-order valence-electron chi connectivity index (χ4n) is 11.0. The highest BCUT2D eigenvalue weighted by molar-refractivity contribution is 6.13. The van der Waals surface area contributed by atoms with E-state index in [2.05, 4.69) is 164 Å². The molecule has 0 N–H and O–H groups in total. The van der Waals surface area contributed by atoms with Crippen LogP contribution in [-0.2, 0) is 6.18 Å². The molecule has 2 heterocycles. The van der Waals surface area contributed by atoms with Crippen molar-refractivity contribution in [1.29, 1.82) is 5.26 Å². The van der Waals surface area contributed by atoms with Crippen molar-refractivity contribution in [3.8, 4) is 73.1 Å². The van der Waals surface area contributed by atoms with Gasteiger partial charge in [0.25, 0.3) is 0 Å². The lowest BCUT2D eigenvalue weighted by atomic mass is 9.95. The summed E-state index contributed by atoms with van der Waals surface area (Å²) in [6, 6.07) is 70.7. The van der Waals surface area contributed by atoms with Crippen LogP contribution in [0, 0.1) is 39.0 Å². The first-order chi connectivity index (χ1) is 35.0. The normalized spacial score (nSPS) is 11.8. The molecule has 12 aromatic rings. The molecule has 10 aromatic carbocycles. The Morgan fingerprint density at radius 1 is 0.347 bits per heavy atom. The predicted octanol–water partition coefficient (Wildman–Crippen LogP) is 18.3. The van der Waals surface area contributed by atoms with Gasteiger partial charge in [-0.2, -0.15) is 18.4 Å². The molecule has 3 nitrogen and oxygen atoms in total. The predicted molar refractivity (Wildman–Crippen MR) is 291 cm³/mol. The van der Waals surface area contributed by atoms with E-state index in [0.717, 1.165) is 116 Å². The van der Waals surface area contributed by atoms with E-state index in [0.29, 0.717) is 22.5 Å². The molecule has 0 aliphatic rings. The number of hydrogen-bond donors (Lipinski definition) is 0. The van der Waals surface area contributed by atoms with Crippen LogP contribution in [0.25, 0.3) is 111 Å². The first kappa shape index (κ1) is 44.3. The lowest BCUT2D eigenvalue weighted by molar-refractivity contribution is -0.137. The summed E-state index contributed by atoms with van der Waals surface area (Å²) >= 11 is 0. The largest absolute Gasteiger partial charge is 0.417 e. The molecule has 72 heavy (non-hydrogen) atoms. The van der Waals surface area contributed by atoms with Gasteiger partial charge in [-0.05, 0) is 148 Å². The van der Waals surface area contributed by atoms with Gasteiger partial charge in [0, 0.05) is 21.5 Å². The zero-order chi connectivity index (χ0) is 49.4. The minimum absolute atomic E-state index is 0.0147. The maximum atomic E-state index is 15.4. The highest BCUT2D eigenvalue weighted by Crippen LogP contribution is 2.45. The quantitative estimate of drug-likeness (QED) is 0.157. The molecule has 0 amide bonds. The van der Waals surface area contributed by atoms with Gasteiger partial charge in [0.2, 0.25) is 0 Å². The van der Waals surface area contributed by atoms with Crippen molar-refractivity contribution in [3.63, 3.8) is 0 Å². The average Bonchev–Trinajstić information content (AvgIpc) is 3.89. The van der Waals surface area contributed by atoms with Crippen molar-refractivity contribution in [3.05, 3.63) is 240 Å². The van der Waals surface area contributed by atoms with Crippen molar-refractivity contribution < 1.29 is 13.2 Å². The molecule has 0 atom stereocenters. The summed E-state index contributed by atoms with van der Waals surface area (Å²) in [6.07, 6.45) is -4.67. The molecule has 0 radical (unpaired) electrons. The van der Waals surface area contributed by atoms with Gasteiger partial charge < -0.3 is 9.13 Å². The molecular weight excluding hydrogens is 892 g/mol. The first-order valence-corrected chi connectivity index (χ1v) is 24.1. The molecule has 0 saturated heterocycles. The standard InChI is InChI=1S/C66H46F3N3/c1-40-15-5-9-19-49(40)44-25-29-54-55-30-26-45(50-20-10-6-16-41(50)2)34-61(55)71(60(54)33-44)64-37-48(53-23-13-14-24-59(53)66(67,68)69)38-65(58(64)39-70)72-62-35-46(51-21-11-7-17-42(51)3)27-31-56(62)57-32-28-47(36-63(57)72)52-22-12-8-18-43(52)4/h5-38H,1-4H3.